The number of hydrogen-bond acceptors (Lipinski definition) is 3. The number of rotatable bonds is 8. The molecule has 0 bridgehead atoms. The Balaban J connectivity index is 2.32. The second kappa shape index (κ2) is 10.4. The van der Waals surface area contributed by atoms with Crippen LogP contribution in [-0.2, 0) is 4.74 Å². The van der Waals surface area contributed by atoms with Crippen LogP contribution in [0.25, 0.3) is 0 Å². The molecule has 1 aliphatic rings. The lowest BCUT2D eigenvalue weighted by Gasteiger charge is -2.32. The Labute approximate surface area is 147 Å². The lowest BCUT2D eigenvalue weighted by molar-refractivity contribution is 0.0963. The predicted molar refractivity (Wildman–Crippen MR) is 99.2 cm³/mol. The van der Waals surface area contributed by atoms with Gasteiger partial charge in [-0.25, -0.2) is 4.79 Å². The molecule has 1 saturated heterocycles. The molecule has 0 saturated carbocycles. The first-order valence-electron chi connectivity index (χ1n) is 9.36. The number of nitrogens with one attached hydrogen (secondary N) is 1. The molecule has 1 fully saturated rings. The summed E-state index contributed by atoms with van der Waals surface area (Å²) in [4.78, 5) is 18.0. The van der Waals surface area contributed by atoms with Crippen LogP contribution < -0.4 is 11.1 Å². The molecule has 24 heavy (non-hydrogen) atoms. The fourth-order valence-electron chi connectivity index (χ4n) is 2.91. The summed E-state index contributed by atoms with van der Waals surface area (Å²) >= 11 is 0. The van der Waals surface area contributed by atoms with E-state index in [1.54, 1.807) is 4.90 Å². The van der Waals surface area contributed by atoms with Crippen LogP contribution in [0.5, 0.6) is 0 Å². The van der Waals surface area contributed by atoms with Gasteiger partial charge in [-0.2, -0.15) is 0 Å². The van der Waals surface area contributed by atoms with E-state index in [4.69, 9.17) is 10.5 Å². The van der Waals surface area contributed by atoms with Gasteiger partial charge in [0.05, 0.1) is 6.61 Å². The first kappa shape index (κ1) is 20.6. The summed E-state index contributed by atoms with van der Waals surface area (Å²) in [5.41, 5.74) is 6.23. The molecule has 140 valence electrons. The van der Waals surface area contributed by atoms with Crippen molar-refractivity contribution >= 4 is 12.1 Å². The van der Waals surface area contributed by atoms with Gasteiger partial charge in [0.15, 0.2) is 5.96 Å². The number of ether oxygens (including phenoxy) is 1. The molecular weight excluding hydrogens is 304 g/mol. The Bertz CT molecular complexity index is 402. The molecule has 0 aromatic rings. The van der Waals surface area contributed by atoms with Gasteiger partial charge < -0.3 is 20.7 Å². The van der Waals surface area contributed by atoms with Gasteiger partial charge >= 0.3 is 6.09 Å². The molecule has 1 rings (SSSR count). The van der Waals surface area contributed by atoms with E-state index in [9.17, 15) is 4.79 Å². The number of piperidine rings is 1. The molecule has 0 radical (unpaired) electrons. The standard InChI is InChI=1S/C18H36N4O2/c1-5-7-8-11-18(3,4)14-20-16(19)21-15-9-12-22(13-10-15)17(23)24-6-2/h15H,5-14H2,1-4H3,(H3,19,20,21). The maximum atomic E-state index is 11.7. The van der Waals surface area contributed by atoms with Crippen LogP contribution in [0.3, 0.4) is 0 Å². The van der Waals surface area contributed by atoms with Crippen molar-refractivity contribution in [3.63, 3.8) is 0 Å². The highest BCUT2D eigenvalue weighted by Crippen LogP contribution is 2.24. The molecular formula is C18H36N4O2. The topological polar surface area (TPSA) is 80.0 Å². The van der Waals surface area contributed by atoms with Crippen LogP contribution in [0.4, 0.5) is 4.79 Å². The monoisotopic (exact) mass is 340 g/mol. The first-order valence-corrected chi connectivity index (χ1v) is 9.36. The number of amides is 1. The van der Waals surface area contributed by atoms with Crippen molar-refractivity contribution in [3.8, 4) is 0 Å². The number of carbonyl (C=O) groups is 1. The normalized spacial score (nSPS) is 17.0. The number of carbonyl (C=O) groups excluding carboxylic acids is 1. The molecule has 6 heteroatoms. The summed E-state index contributed by atoms with van der Waals surface area (Å²) in [6.07, 6.45) is 6.47. The number of aliphatic imine (C=N–C) groups is 1. The van der Waals surface area contributed by atoms with Crippen LogP contribution >= 0.6 is 0 Å². The van der Waals surface area contributed by atoms with E-state index in [0.717, 1.165) is 19.4 Å². The summed E-state index contributed by atoms with van der Waals surface area (Å²) in [5.74, 6) is 0.521. The Morgan fingerprint density at radius 1 is 1.29 bits per heavy atom. The Morgan fingerprint density at radius 2 is 1.96 bits per heavy atom. The maximum absolute atomic E-state index is 11.7. The number of nitrogens with two attached hydrogens (primary N) is 1. The molecule has 6 nitrogen and oxygen atoms in total. The van der Waals surface area contributed by atoms with Crippen molar-refractivity contribution in [1.29, 1.82) is 0 Å². The van der Waals surface area contributed by atoms with Crippen LogP contribution in [-0.4, -0.2) is 49.2 Å². The minimum absolute atomic E-state index is 0.189. The van der Waals surface area contributed by atoms with E-state index >= 15 is 0 Å². The smallest absolute Gasteiger partial charge is 0.409 e. The molecule has 0 atom stereocenters. The SMILES string of the molecule is CCCCCC(C)(C)CN=C(N)NC1CCN(C(=O)OCC)CC1. The third-order valence-corrected chi connectivity index (χ3v) is 4.51. The van der Waals surface area contributed by atoms with E-state index in [0.29, 0.717) is 25.7 Å². The van der Waals surface area contributed by atoms with Gasteiger partial charge in [-0.1, -0.05) is 40.0 Å². The molecule has 0 unspecified atom stereocenters. The molecule has 0 aromatic heterocycles. The molecule has 0 aliphatic carbocycles. The number of hydrogen-bond donors (Lipinski definition) is 2. The number of unbranched alkanes of at least 4 members (excludes halogenated alkanes) is 2. The van der Waals surface area contributed by atoms with Gasteiger partial charge in [-0.05, 0) is 31.6 Å². The lowest BCUT2D eigenvalue weighted by Crippen LogP contribution is -2.48. The summed E-state index contributed by atoms with van der Waals surface area (Å²) < 4.78 is 5.03. The van der Waals surface area contributed by atoms with Crippen molar-refractivity contribution in [2.75, 3.05) is 26.2 Å². The molecule has 3 N–H and O–H groups in total. The van der Waals surface area contributed by atoms with E-state index in [1.165, 1.54) is 25.7 Å². The van der Waals surface area contributed by atoms with Gasteiger partial charge in [-0.3, -0.25) is 4.99 Å². The highest BCUT2D eigenvalue weighted by atomic mass is 16.6. The van der Waals surface area contributed by atoms with E-state index < -0.39 is 0 Å². The molecule has 1 heterocycles. The highest BCUT2D eigenvalue weighted by molar-refractivity contribution is 5.78. The number of likely N-dealkylation sites (tertiary alicyclic amines) is 1. The fraction of sp³-hybridized carbons (Fsp3) is 0.889. The molecule has 1 aliphatic heterocycles. The second-order valence-electron chi connectivity index (χ2n) is 7.43. The Hall–Kier alpha value is -1.46. The quantitative estimate of drug-likeness (QED) is 0.404. The van der Waals surface area contributed by atoms with E-state index in [-0.39, 0.29) is 17.6 Å². The molecule has 0 aromatic carbocycles. The molecule has 1 amide bonds. The van der Waals surface area contributed by atoms with Crippen molar-refractivity contribution < 1.29 is 9.53 Å². The number of nitrogens with zero attached hydrogens (tertiary/aromatic N) is 2. The van der Waals surface area contributed by atoms with Crippen molar-refractivity contribution in [2.24, 2.45) is 16.1 Å². The van der Waals surface area contributed by atoms with Gasteiger partial charge in [0.1, 0.15) is 0 Å². The molecule has 0 spiro atoms. The van der Waals surface area contributed by atoms with Crippen molar-refractivity contribution in [1.82, 2.24) is 10.2 Å². The average Bonchev–Trinajstić information content (AvgIpc) is 2.54. The third-order valence-electron chi connectivity index (χ3n) is 4.51. The number of guanidine groups is 1. The van der Waals surface area contributed by atoms with E-state index in [2.05, 4.69) is 31.1 Å². The van der Waals surface area contributed by atoms with Crippen molar-refractivity contribution in [3.05, 3.63) is 0 Å². The third kappa shape index (κ3) is 7.88. The lowest BCUT2D eigenvalue weighted by atomic mass is 9.87. The predicted octanol–water partition coefficient (Wildman–Crippen LogP) is 3.12. The summed E-state index contributed by atoms with van der Waals surface area (Å²) in [7, 11) is 0. The largest absolute Gasteiger partial charge is 0.450 e. The van der Waals surface area contributed by atoms with Gasteiger partial charge in [0.25, 0.3) is 0 Å². The minimum Gasteiger partial charge on any atom is -0.450 e. The zero-order chi connectivity index (χ0) is 18.0. The highest BCUT2D eigenvalue weighted by Gasteiger charge is 2.24. The zero-order valence-electron chi connectivity index (χ0n) is 15.9. The van der Waals surface area contributed by atoms with E-state index in [1.807, 2.05) is 6.92 Å². The minimum atomic E-state index is -0.216. The fourth-order valence-corrected chi connectivity index (χ4v) is 2.91. The average molecular weight is 341 g/mol. The van der Waals surface area contributed by atoms with Gasteiger partial charge in [-0.15, -0.1) is 0 Å². The van der Waals surface area contributed by atoms with Crippen LogP contribution in [0.15, 0.2) is 4.99 Å². The van der Waals surface area contributed by atoms with Crippen LogP contribution in [0, 0.1) is 5.41 Å². The van der Waals surface area contributed by atoms with Gasteiger partial charge in [0, 0.05) is 25.7 Å². The Kier molecular flexibility index (Phi) is 8.93. The van der Waals surface area contributed by atoms with Crippen molar-refractivity contribution in [2.45, 2.75) is 72.3 Å². The maximum Gasteiger partial charge on any atom is 0.409 e. The summed E-state index contributed by atoms with van der Waals surface area (Å²) in [6.45, 7) is 11.1. The second-order valence-corrected chi connectivity index (χ2v) is 7.43. The summed E-state index contributed by atoms with van der Waals surface area (Å²) in [5, 5.41) is 3.30. The van der Waals surface area contributed by atoms with Crippen LogP contribution in [0.2, 0.25) is 0 Å². The first-order chi connectivity index (χ1) is 11.4. The van der Waals surface area contributed by atoms with Crippen LogP contribution in [0.1, 0.15) is 66.2 Å². The van der Waals surface area contributed by atoms with Gasteiger partial charge in [0.2, 0.25) is 0 Å². The Morgan fingerprint density at radius 3 is 2.54 bits per heavy atom. The zero-order valence-corrected chi connectivity index (χ0v) is 15.9. The summed E-state index contributed by atoms with van der Waals surface area (Å²) in [6, 6.07) is 0.280.